The molecule has 0 amide bonds. The van der Waals surface area contributed by atoms with Crippen molar-refractivity contribution in [2.75, 3.05) is 13.1 Å². The van der Waals surface area contributed by atoms with Crippen molar-refractivity contribution in [2.45, 2.75) is 18.9 Å². The first-order valence-electron chi connectivity index (χ1n) is 3.80. The zero-order valence-electron chi connectivity index (χ0n) is 5.95. The summed E-state index contributed by atoms with van der Waals surface area (Å²) in [6, 6.07) is 0.492. The molecule has 0 N–H and O–H groups in total. The fraction of sp³-hybridized carbons (Fsp3) is 0.625. The van der Waals surface area contributed by atoms with Crippen LogP contribution in [-0.2, 0) is 0 Å². The number of fused-ring (bicyclic) bond motifs is 1. The van der Waals surface area contributed by atoms with Gasteiger partial charge in [0.25, 0.3) is 0 Å². The van der Waals surface area contributed by atoms with Crippen LogP contribution in [0.4, 0.5) is 0 Å². The maximum atomic E-state index is 4.49. The van der Waals surface area contributed by atoms with E-state index in [0.29, 0.717) is 6.04 Å². The van der Waals surface area contributed by atoms with Crippen molar-refractivity contribution in [2.24, 2.45) is 4.99 Å². The Bertz CT molecular complexity index is 182. The lowest BCUT2D eigenvalue weighted by atomic mass is 9.98. The molecule has 0 spiro atoms. The summed E-state index contributed by atoms with van der Waals surface area (Å²) in [6.45, 7) is 1.91. The van der Waals surface area contributed by atoms with Crippen LogP contribution in [-0.4, -0.2) is 25.3 Å². The molecule has 1 atom stereocenters. The van der Waals surface area contributed by atoms with Crippen LogP contribution in [0, 0.1) is 0 Å². The number of hydrogen-bond acceptors (Lipinski definition) is 1. The third-order valence-corrected chi connectivity index (χ3v) is 2.04. The highest BCUT2D eigenvalue weighted by Crippen LogP contribution is 2.16. The summed E-state index contributed by atoms with van der Waals surface area (Å²) >= 11 is 0. The summed E-state index contributed by atoms with van der Waals surface area (Å²) in [6.07, 6.45) is 6.46. The van der Waals surface area contributed by atoms with Gasteiger partial charge in [-0.1, -0.05) is 6.08 Å². The van der Waals surface area contributed by atoms with E-state index in [9.17, 15) is 0 Å². The predicted octanol–water partition coefficient (Wildman–Crippen LogP) is 0.764. The zero-order chi connectivity index (χ0) is 6.81. The number of hydrogen-bond donors (Lipinski definition) is 0. The summed E-state index contributed by atoms with van der Waals surface area (Å²) in [7, 11) is 0. The Morgan fingerprint density at radius 2 is 2.50 bits per heavy atom. The lowest BCUT2D eigenvalue weighted by molar-refractivity contribution is 0.537. The summed E-state index contributed by atoms with van der Waals surface area (Å²) in [5, 5.41) is 4.49. The molecule has 0 saturated heterocycles. The van der Waals surface area contributed by atoms with Gasteiger partial charge in [-0.3, -0.25) is 4.99 Å². The molecule has 10 heavy (non-hydrogen) atoms. The SMILES string of the molecule is C1=NCC2=CCC[N]C2C1. The highest BCUT2D eigenvalue weighted by Gasteiger charge is 2.18. The summed E-state index contributed by atoms with van der Waals surface area (Å²) in [4.78, 5) is 4.21. The maximum Gasteiger partial charge on any atom is 0.0611 e. The van der Waals surface area contributed by atoms with Crippen LogP contribution in [0.5, 0.6) is 0 Å². The molecule has 0 bridgehead atoms. The molecule has 2 nitrogen and oxygen atoms in total. The quantitative estimate of drug-likeness (QED) is 0.438. The molecule has 2 aliphatic heterocycles. The zero-order valence-corrected chi connectivity index (χ0v) is 5.95. The topological polar surface area (TPSA) is 26.5 Å². The lowest BCUT2D eigenvalue weighted by Crippen LogP contribution is -2.32. The van der Waals surface area contributed by atoms with Gasteiger partial charge in [0.1, 0.15) is 0 Å². The van der Waals surface area contributed by atoms with Gasteiger partial charge < -0.3 is 0 Å². The van der Waals surface area contributed by atoms with E-state index in [1.807, 2.05) is 6.21 Å². The van der Waals surface area contributed by atoms with E-state index in [1.54, 1.807) is 0 Å². The van der Waals surface area contributed by atoms with Crippen molar-refractivity contribution in [1.29, 1.82) is 0 Å². The Morgan fingerprint density at radius 1 is 1.50 bits per heavy atom. The molecule has 2 heteroatoms. The molecule has 0 aliphatic carbocycles. The van der Waals surface area contributed by atoms with E-state index in [0.717, 1.165) is 25.9 Å². The van der Waals surface area contributed by atoms with Gasteiger partial charge in [-0.25, -0.2) is 5.32 Å². The van der Waals surface area contributed by atoms with Crippen molar-refractivity contribution in [3.8, 4) is 0 Å². The largest absolute Gasteiger partial charge is 0.293 e. The Balaban J connectivity index is 2.17. The summed E-state index contributed by atoms with van der Waals surface area (Å²) in [5.74, 6) is 0. The van der Waals surface area contributed by atoms with Crippen LogP contribution < -0.4 is 5.32 Å². The summed E-state index contributed by atoms with van der Waals surface area (Å²) in [5.41, 5.74) is 1.44. The van der Waals surface area contributed by atoms with Crippen LogP contribution in [0.15, 0.2) is 16.6 Å². The fourth-order valence-corrected chi connectivity index (χ4v) is 1.47. The Labute approximate surface area is 61.0 Å². The minimum Gasteiger partial charge on any atom is -0.293 e. The molecular weight excluding hydrogens is 124 g/mol. The fourth-order valence-electron chi connectivity index (χ4n) is 1.47. The number of rotatable bonds is 0. The van der Waals surface area contributed by atoms with Gasteiger partial charge in [0.05, 0.1) is 12.6 Å². The normalized spacial score (nSPS) is 31.2. The molecular formula is C8H11N2. The van der Waals surface area contributed by atoms with E-state index < -0.39 is 0 Å². The molecule has 0 saturated carbocycles. The van der Waals surface area contributed by atoms with Crippen LogP contribution >= 0.6 is 0 Å². The van der Waals surface area contributed by atoms with Crippen molar-refractivity contribution in [3.05, 3.63) is 11.6 Å². The average molecular weight is 135 g/mol. The highest BCUT2D eigenvalue weighted by atomic mass is 14.9. The third kappa shape index (κ3) is 0.991. The Kier molecular flexibility index (Phi) is 1.55. The molecule has 0 fully saturated rings. The van der Waals surface area contributed by atoms with Crippen LogP contribution in [0.25, 0.3) is 0 Å². The van der Waals surface area contributed by atoms with E-state index in [4.69, 9.17) is 0 Å². The molecule has 53 valence electrons. The second-order valence-electron chi connectivity index (χ2n) is 2.75. The molecule has 1 radical (unpaired) electrons. The van der Waals surface area contributed by atoms with Gasteiger partial charge in [0.15, 0.2) is 0 Å². The van der Waals surface area contributed by atoms with Crippen molar-refractivity contribution >= 4 is 6.21 Å². The first-order valence-corrected chi connectivity index (χ1v) is 3.80. The first-order chi connectivity index (χ1) is 4.97. The second-order valence-corrected chi connectivity index (χ2v) is 2.75. The van der Waals surface area contributed by atoms with E-state index in [2.05, 4.69) is 16.4 Å². The first kappa shape index (κ1) is 6.10. The van der Waals surface area contributed by atoms with Crippen LogP contribution in [0.2, 0.25) is 0 Å². The molecule has 0 aromatic rings. The van der Waals surface area contributed by atoms with E-state index in [-0.39, 0.29) is 0 Å². The molecule has 2 rings (SSSR count). The smallest absolute Gasteiger partial charge is 0.0611 e. The number of aliphatic imine (C=N–C) groups is 1. The van der Waals surface area contributed by atoms with Gasteiger partial charge in [-0.15, -0.1) is 0 Å². The maximum absolute atomic E-state index is 4.49. The highest BCUT2D eigenvalue weighted by molar-refractivity contribution is 5.61. The monoisotopic (exact) mass is 135 g/mol. The Hall–Kier alpha value is -0.630. The van der Waals surface area contributed by atoms with Crippen LogP contribution in [0.3, 0.4) is 0 Å². The van der Waals surface area contributed by atoms with Gasteiger partial charge in [0.2, 0.25) is 0 Å². The van der Waals surface area contributed by atoms with Crippen molar-refractivity contribution in [1.82, 2.24) is 5.32 Å². The van der Waals surface area contributed by atoms with Crippen LogP contribution in [0.1, 0.15) is 12.8 Å². The Morgan fingerprint density at radius 3 is 3.40 bits per heavy atom. The lowest BCUT2D eigenvalue weighted by Gasteiger charge is -2.24. The average Bonchev–Trinajstić information content (AvgIpc) is 2.05. The molecule has 2 heterocycles. The van der Waals surface area contributed by atoms with Gasteiger partial charge in [-0.05, 0) is 12.0 Å². The summed E-state index contributed by atoms with van der Waals surface area (Å²) < 4.78 is 0. The van der Waals surface area contributed by atoms with Crippen molar-refractivity contribution in [3.63, 3.8) is 0 Å². The van der Waals surface area contributed by atoms with Gasteiger partial charge >= 0.3 is 0 Å². The second kappa shape index (κ2) is 2.54. The molecule has 0 aromatic heterocycles. The standard InChI is InChI=1S/C8H11N2/c1-2-7-6-9-5-3-8(7)10-4-1/h2,5,8H,1,3-4,6H2. The van der Waals surface area contributed by atoms with Gasteiger partial charge in [0, 0.05) is 19.2 Å². The number of nitrogens with zero attached hydrogens (tertiary/aromatic N) is 2. The third-order valence-electron chi connectivity index (χ3n) is 2.04. The minimum atomic E-state index is 0.492. The van der Waals surface area contributed by atoms with E-state index in [1.165, 1.54) is 5.57 Å². The van der Waals surface area contributed by atoms with Crippen molar-refractivity contribution < 1.29 is 0 Å². The minimum absolute atomic E-state index is 0.492. The molecule has 1 unspecified atom stereocenters. The van der Waals surface area contributed by atoms with Gasteiger partial charge in [-0.2, -0.15) is 0 Å². The van der Waals surface area contributed by atoms with E-state index >= 15 is 0 Å². The molecule has 0 aromatic carbocycles. The predicted molar refractivity (Wildman–Crippen MR) is 41.5 cm³/mol. The molecule has 2 aliphatic rings.